The number of carbonyl (C=O) groups excluding carboxylic acids is 1. The summed E-state index contributed by atoms with van der Waals surface area (Å²) in [6.07, 6.45) is 1.60. The molecule has 0 saturated heterocycles. The van der Waals surface area contributed by atoms with E-state index in [9.17, 15) is 19.1 Å². The van der Waals surface area contributed by atoms with E-state index in [0.29, 0.717) is 5.56 Å². The topological polar surface area (TPSA) is 78.4 Å². The summed E-state index contributed by atoms with van der Waals surface area (Å²) in [6, 6.07) is 5.30. The van der Waals surface area contributed by atoms with Gasteiger partial charge in [-0.1, -0.05) is 12.1 Å². The number of hydrogen-bond acceptors (Lipinski definition) is 2. The number of benzene rings is 1. The summed E-state index contributed by atoms with van der Waals surface area (Å²) < 4.78 is 13.0. The normalized spacial score (nSPS) is 17.1. The lowest BCUT2D eigenvalue weighted by Crippen LogP contribution is -2.56. The van der Waals surface area contributed by atoms with E-state index < -0.39 is 17.5 Å². The van der Waals surface area contributed by atoms with Crippen molar-refractivity contribution in [1.82, 2.24) is 10.6 Å². The lowest BCUT2D eigenvalue weighted by atomic mass is 9.96. The zero-order valence-corrected chi connectivity index (χ0v) is 11.1. The third-order valence-electron chi connectivity index (χ3n) is 3.55. The molecule has 1 aromatic carbocycles. The van der Waals surface area contributed by atoms with Crippen molar-refractivity contribution >= 4 is 12.0 Å². The van der Waals surface area contributed by atoms with E-state index in [-0.39, 0.29) is 18.3 Å². The number of carboxylic acid groups (broad SMARTS) is 1. The van der Waals surface area contributed by atoms with E-state index in [1.807, 2.05) is 0 Å². The van der Waals surface area contributed by atoms with Crippen molar-refractivity contribution < 1.29 is 19.1 Å². The van der Waals surface area contributed by atoms with Crippen LogP contribution < -0.4 is 10.6 Å². The highest BCUT2D eigenvalue weighted by Gasteiger charge is 2.48. The number of nitrogens with one attached hydrogen (secondary N) is 2. The summed E-state index contributed by atoms with van der Waals surface area (Å²) in [6.45, 7) is 1.65. The summed E-state index contributed by atoms with van der Waals surface area (Å²) in [5, 5.41) is 14.3. The van der Waals surface area contributed by atoms with E-state index in [4.69, 9.17) is 0 Å². The summed E-state index contributed by atoms with van der Waals surface area (Å²) in [7, 11) is 0. The number of rotatable bonds is 5. The van der Waals surface area contributed by atoms with E-state index in [1.165, 1.54) is 19.1 Å². The Bertz CT molecular complexity index is 531. The van der Waals surface area contributed by atoms with Gasteiger partial charge in [-0.2, -0.15) is 0 Å². The Morgan fingerprint density at radius 1 is 1.45 bits per heavy atom. The minimum atomic E-state index is -1.24. The summed E-state index contributed by atoms with van der Waals surface area (Å²) in [5.74, 6) is -1.45. The van der Waals surface area contributed by atoms with Crippen LogP contribution in [0.1, 0.15) is 25.3 Å². The second-order valence-electron chi connectivity index (χ2n) is 5.22. The molecule has 1 saturated carbocycles. The van der Waals surface area contributed by atoms with Gasteiger partial charge in [0.1, 0.15) is 11.4 Å². The molecule has 6 heteroatoms. The van der Waals surface area contributed by atoms with E-state index in [0.717, 1.165) is 12.8 Å². The maximum Gasteiger partial charge on any atom is 0.329 e. The molecule has 0 radical (unpaired) electrons. The Labute approximate surface area is 116 Å². The number of carbonyl (C=O) groups is 2. The van der Waals surface area contributed by atoms with Gasteiger partial charge in [0.2, 0.25) is 0 Å². The second-order valence-corrected chi connectivity index (χ2v) is 5.22. The Morgan fingerprint density at radius 2 is 2.15 bits per heavy atom. The van der Waals surface area contributed by atoms with Crippen LogP contribution >= 0.6 is 0 Å². The number of halogens is 1. The lowest BCUT2D eigenvalue weighted by molar-refractivity contribution is -0.144. The van der Waals surface area contributed by atoms with Crippen LogP contribution in [0.5, 0.6) is 0 Å². The first-order valence-electron chi connectivity index (χ1n) is 6.45. The van der Waals surface area contributed by atoms with Crippen LogP contribution in [0.25, 0.3) is 0 Å². The summed E-state index contributed by atoms with van der Waals surface area (Å²) in [5.41, 5.74) is -0.630. The highest BCUT2D eigenvalue weighted by atomic mass is 19.1. The Balaban J connectivity index is 1.90. The van der Waals surface area contributed by atoms with Gasteiger partial charge in [-0.3, -0.25) is 0 Å². The van der Waals surface area contributed by atoms with Crippen LogP contribution in [0.3, 0.4) is 0 Å². The zero-order chi connectivity index (χ0) is 14.8. The van der Waals surface area contributed by atoms with Crippen molar-refractivity contribution in [2.45, 2.75) is 31.8 Å². The molecule has 1 unspecified atom stereocenters. The standard InChI is InChI=1S/C14H17FN2O3/c1-14(12(18)19,10-5-6-10)17-13(20)16-8-9-3-2-4-11(15)7-9/h2-4,7,10H,5-6,8H2,1H3,(H,18,19)(H2,16,17,20). The van der Waals surface area contributed by atoms with Gasteiger partial charge < -0.3 is 15.7 Å². The van der Waals surface area contributed by atoms with Gasteiger partial charge in [0.25, 0.3) is 0 Å². The Kier molecular flexibility index (Phi) is 3.92. The monoisotopic (exact) mass is 280 g/mol. The molecule has 0 bridgehead atoms. The van der Waals surface area contributed by atoms with Gasteiger partial charge >= 0.3 is 12.0 Å². The van der Waals surface area contributed by atoms with E-state index in [1.54, 1.807) is 12.1 Å². The molecule has 1 aliphatic carbocycles. The highest BCUT2D eigenvalue weighted by molar-refractivity contribution is 5.86. The van der Waals surface area contributed by atoms with Gasteiger partial charge in [-0.25, -0.2) is 14.0 Å². The maximum absolute atomic E-state index is 13.0. The molecule has 0 heterocycles. The molecule has 108 valence electrons. The molecule has 1 aliphatic rings. The van der Waals surface area contributed by atoms with Gasteiger partial charge in [0.05, 0.1) is 0 Å². The molecule has 3 N–H and O–H groups in total. The smallest absolute Gasteiger partial charge is 0.329 e. The van der Waals surface area contributed by atoms with E-state index >= 15 is 0 Å². The van der Waals surface area contributed by atoms with Crippen molar-refractivity contribution in [3.05, 3.63) is 35.6 Å². The number of carboxylic acids is 1. The summed E-state index contributed by atoms with van der Waals surface area (Å²) in [4.78, 5) is 23.0. The number of aliphatic carboxylic acids is 1. The molecule has 2 rings (SSSR count). The minimum Gasteiger partial charge on any atom is -0.480 e. The number of urea groups is 1. The Morgan fingerprint density at radius 3 is 2.70 bits per heavy atom. The Hall–Kier alpha value is -2.11. The largest absolute Gasteiger partial charge is 0.480 e. The third-order valence-corrected chi connectivity index (χ3v) is 3.55. The SMILES string of the molecule is CC(NC(=O)NCc1cccc(F)c1)(C(=O)O)C1CC1. The highest BCUT2D eigenvalue weighted by Crippen LogP contribution is 2.39. The van der Waals surface area contributed by atoms with Crippen LogP contribution in [-0.2, 0) is 11.3 Å². The molecule has 0 aliphatic heterocycles. The fraction of sp³-hybridized carbons (Fsp3) is 0.429. The van der Waals surface area contributed by atoms with Crippen LogP contribution in [0.15, 0.2) is 24.3 Å². The van der Waals surface area contributed by atoms with Gasteiger partial charge in [-0.05, 0) is 43.4 Å². The van der Waals surface area contributed by atoms with Crippen molar-refractivity contribution in [3.8, 4) is 0 Å². The van der Waals surface area contributed by atoms with Gasteiger partial charge in [0.15, 0.2) is 0 Å². The van der Waals surface area contributed by atoms with Crippen molar-refractivity contribution in [3.63, 3.8) is 0 Å². The van der Waals surface area contributed by atoms with Crippen molar-refractivity contribution in [2.75, 3.05) is 0 Å². The summed E-state index contributed by atoms with van der Waals surface area (Å²) >= 11 is 0. The molecule has 1 fully saturated rings. The van der Waals surface area contributed by atoms with Crippen molar-refractivity contribution in [1.29, 1.82) is 0 Å². The van der Waals surface area contributed by atoms with E-state index in [2.05, 4.69) is 10.6 Å². The molecule has 0 aromatic heterocycles. The number of hydrogen-bond donors (Lipinski definition) is 3. The van der Waals surface area contributed by atoms with Crippen LogP contribution in [-0.4, -0.2) is 22.6 Å². The molecule has 20 heavy (non-hydrogen) atoms. The zero-order valence-electron chi connectivity index (χ0n) is 11.1. The second kappa shape index (κ2) is 5.48. The molecule has 1 atom stereocenters. The minimum absolute atomic E-state index is 0.0279. The first-order chi connectivity index (χ1) is 9.41. The number of amides is 2. The van der Waals surface area contributed by atoms with Gasteiger partial charge in [0, 0.05) is 6.54 Å². The van der Waals surface area contributed by atoms with Crippen LogP contribution in [0.2, 0.25) is 0 Å². The van der Waals surface area contributed by atoms with Crippen LogP contribution in [0, 0.1) is 11.7 Å². The predicted molar refractivity (Wildman–Crippen MR) is 70.5 cm³/mol. The van der Waals surface area contributed by atoms with Crippen molar-refractivity contribution in [2.24, 2.45) is 5.92 Å². The first kappa shape index (κ1) is 14.3. The van der Waals surface area contributed by atoms with Crippen LogP contribution in [0.4, 0.5) is 9.18 Å². The maximum atomic E-state index is 13.0. The fourth-order valence-corrected chi connectivity index (χ4v) is 2.10. The molecule has 0 spiro atoms. The predicted octanol–water partition coefficient (Wildman–Crippen LogP) is 1.88. The molecule has 1 aromatic rings. The lowest BCUT2D eigenvalue weighted by Gasteiger charge is -2.26. The quantitative estimate of drug-likeness (QED) is 0.770. The molecule has 5 nitrogen and oxygen atoms in total. The average molecular weight is 280 g/mol. The van der Waals surface area contributed by atoms with Gasteiger partial charge in [-0.15, -0.1) is 0 Å². The third kappa shape index (κ3) is 3.26. The molecular weight excluding hydrogens is 263 g/mol. The fourth-order valence-electron chi connectivity index (χ4n) is 2.10. The molecule has 2 amide bonds. The first-order valence-corrected chi connectivity index (χ1v) is 6.45. The molecular formula is C14H17FN2O3. The average Bonchev–Trinajstić information content (AvgIpc) is 3.20.